The molecule has 3 heteroatoms. The van der Waals surface area contributed by atoms with Crippen molar-refractivity contribution in [1.82, 2.24) is 10.2 Å². The molecule has 1 N–H and O–H groups in total. The summed E-state index contributed by atoms with van der Waals surface area (Å²) in [5, 5.41) is 3.10. The van der Waals surface area contributed by atoms with Crippen LogP contribution in [-0.4, -0.2) is 37.0 Å². The highest BCUT2D eigenvalue weighted by Crippen LogP contribution is 2.13. The molecule has 1 aliphatic heterocycles. The number of likely N-dealkylation sites (tertiary alicyclic amines) is 1. The number of nitrogens with zero attached hydrogens (tertiary/aromatic N) is 1. The van der Waals surface area contributed by atoms with Crippen LogP contribution in [0.4, 0.5) is 0 Å². The Balaban J connectivity index is 2.22. The molecule has 1 amide bonds. The summed E-state index contributed by atoms with van der Waals surface area (Å²) in [4.78, 5) is 14.0. The number of hydrogen-bond donors (Lipinski definition) is 1. The first-order valence-corrected chi connectivity index (χ1v) is 6.61. The number of amides is 1. The highest BCUT2D eigenvalue weighted by Gasteiger charge is 2.26. The van der Waals surface area contributed by atoms with Crippen LogP contribution < -0.4 is 5.32 Å². The van der Waals surface area contributed by atoms with E-state index in [1.54, 1.807) is 0 Å². The van der Waals surface area contributed by atoms with Crippen molar-refractivity contribution in [3.63, 3.8) is 0 Å². The Kier molecular flexibility index (Phi) is 5.81. The van der Waals surface area contributed by atoms with Crippen molar-refractivity contribution in [2.45, 2.75) is 52.0 Å². The lowest BCUT2D eigenvalue weighted by atomic mass is 10.0. The zero-order chi connectivity index (χ0) is 12.0. The molecule has 1 atom stereocenters. The molecular weight excluding hydrogens is 200 g/mol. The average Bonchev–Trinajstić information content (AvgIpc) is 2.26. The number of piperidine rings is 1. The molecule has 1 rings (SSSR count). The van der Waals surface area contributed by atoms with Crippen molar-refractivity contribution >= 4 is 5.91 Å². The summed E-state index contributed by atoms with van der Waals surface area (Å²) in [5.41, 5.74) is 0. The fourth-order valence-corrected chi connectivity index (χ4v) is 2.29. The highest BCUT2D eigenvalue weighted by atomic mass is 16.2. The smallest absolute Gasteiger partial charge is 0.239 e. The van der Waals surface area contributed by atoms with Crippen LogP contribution in [0.15, 0.2) is 0 Å². The second kappa shape index (κ2) is 6.89. The number of rotatable bonds is 6. The van der Waals surface area contributed by atoms with E-state index in [4.69, 9.17) is 0 Å². The molecule has 1 fully saturated rings. The summed E-state index contributed by atoms with van der Waals surface area (Å²) >= 11 is 0. The second-order valence-corrected chi connectivity index (χ2v) is 5.20. The molecule has 1 aliphatic rings. The lowest BCUT2D eigenvalue weighted by Crippen LogP contribution is -2.49. The monoisotopic (exact) mass is 226 g/mol. The van der Waals surface area contributed by atoms with E-state index in [1.807, 2.05) is 11.9 Å². The van der Waals surface area contributed by atoms with Gasteiger partial charge in [-0.1, -0.05) is 26.7 Å². The molecule has 0 spiro atoms. The third kappa shape index (κ3) is 4.12. The van der Waals surface area contributed by atoms with Gasteiger partial charge in [0.2, 0.25) is 5.91 Å². The van der Waals surface area contributed by atoms with E-state index >= 15 is 0 Å². The van der Waals surface area contributed by atoms with Crippen molar-refractivity contribution in [2.75, 3.05) is 20.1 Å². The van der Waals surface area contributed by atoms with Gasteiger partial charge in [-0.25, -0.2) is 0 Å². The van der Waals surface area contributed by atoms with E-state index in [2.05, 4.69) is 19.2 Å². The second-order valence-electron chi connectivity index (χ2n) is 5.20. The lowest BCUT2D eigenvalue weighted by Gasteiger charge is -2.32. The summed E-state index contributed by atoms with van der Waals surface area (Å²) in [5.74, 6) is 1.08. The van der Waals surface area contributed by atoms with Gasteiger partial charge in [-0.15, -0.1) is 0 Å². The van der Waals surface area contributed by atoms with Crippen LogP contribution in [0.5, 0.6) is 0 Å². The highest BCUT2D eigenvalue weighted by molar-refractivity contribution is 5.82. The van der Waals surface area contributed by atoms with Gasteiger partial charge in [-0.3, -0.25) is 4.79 Å². The zero-order valence-corrected chi connectivity index (χ0v) is 11.0. The lowest BCUT2D eigenvalue weighted by molar-refractivity contribution is -0.135. The maximum atomic E-state index is 11.9. The first kappa shape index (κ1) is 13.5. The predicted octanol–water partition coefficient (Wildman–Crippen LogP) is 2.02. The number of carbonyl (C=O) groups excluding carboxylic acids is 1. The van der Waals surface area contributed by atoms with Gasteiger partial charge >= 0.3 is 0 Å². The molecule has 0 aromatic heterocycles. The van der Waals surface area contributed by atoms with Gasteiger partial charge in [0.05, 0.1) is 6.04 Å². The molecule has 0 aromatic rings. The third-order valence-electron chi connectivity index (χ3n) is 3.34. The van der Waals surface area contributed by atoms with Gasteiger partial charge in [-0.05, 0) is 32.2 Å². The molecular formula is C13H26N2O. The summed E-state index contributed by atoms with van der Waals surface area (Å²) in [6.07, 6.45) is 5.81. The van der Waals surface area contributed by atoms with Crippen molar-refractivity contribution < 1.29 is 4.79 Å². The van der Waals surface area contributed by atoms with Crippen LogP contribution in [0.1, 0.15) is 46.0 Å². The van der Waals surface area contributed by atoms with Gasteiger partial charge in [-0.2, -0.15) is 0 Å². The van der Waals surface area contributed by atoms with Gasteiger partial charge in [0, 0.05) is 13.1 Å². The van der Waals surface area contributed by atoms with Crippen molar-refractivity contribution in [2.24, 2.45) is 5.92 Å². The van der Waals surface area contributed by atoms with Crippen LogP contribution in [-0.2, 0) is 4.79 Å². The Morgan fingerprint density at radius 1 is 1.44 bits per heavy atom. The molecule has 1 unspecified atom stereocenters. The maximum absolute atomic E-state index is 11.9. The topological polar surface area (TPSA) is 32.3 Å². The summed E-state index contributed by atoms with van der Waals surface area (Å²) in [6, 6.07) is 0.0684. The molecule has 1 heterocycles. The number of carbonyl (C=O) groups is 1. The van der Waals surface area contributed by atoms with Crippen LogP contribution >= 0.6 is 0 Å². The summed E-state index contributed by atoms with van der Waals surface area (Å²) in [7, 11) is 1.88. The molecule has 0 saturated carbocycles. The number of hydrogen-bond acceptors (Lipinski definition) is 2. The fraction of sp³-hybridized carbons (Fsp3) is 0.923. The molecule has 1 saturated heterocycles. The standard InChI is InChI=1S/C13H26N2O/c1-11(2)7-4-5-9-15-10-6-8-12(14-3)13(15)16/h11-12,14H,4-10H2,1-3H3. The Bertz CT molecular complexity index is 216. The van der Waals surface area contributed by atoms with Crippen LogP contribution in [0, 0.1) is 5.92 Å². The molecule has 3 nitrogen and oxygen atoms in total. The minimum absolute atomic E-state index is 0.0684. The average molecular weight is 226 g/mol. The van der Waals surface area contributed by atoms with Gasteiger partial charge in [0.15, 0.2) is 0 Å². The van der Waals surface area contributed by atoms with E-state index in [0.29, 0.717) is 5.91 Å². The van der Waals surface area contributed by atoms with E-state index in [0.717, 1.165) is 38.3 Å². The Labute approximate surface area is 99.6 Å². The maximum Gasteiger partial charge on any atom is 0.239 e. The third-order valence-corrected chi connectivity index (χ3v) is 3.34. The number of likely N-dealkylation sites (N-methyl/N-ethyl adjacent to an activating group) is 1. The molecule has 16 heavy (non-hydrogen) atoms. The summed E-state index contributed by atoms with van der Waals surface area (Å²) < 4.78 is 0. The Morgan fingerprint density at radius 2 is 2.19 bits per heavy atom. The van der Waals surface area contributed by atoms with Gasteiger partial charge < -0.3 is 10.2 Å². The van der Waals surface area contributed by atoms with Gasteiger partial charge in [0.1, 0.15) is 0 Å². The number of unbranched alkanes of at least 4 members (excludes halogenated alkanes) is 1. The van der Waals surface area contributed by atoms with Crippen LogP contribution in [0.3, 0.4) is 0 Å². The Morgan fingerprint density at radius 3 is 2.81 bits per heavy atom. The van der Waals surface area contributed by atoms with E-state index in [-0.39, 0.29) is 6.04 Å². The van der Waals surface area contributed by atoms with E-state index in [9.17, 15) is 4.79 Å². The SMILES string of the molecule is CNC1CCCN(CCCCC(C)C)C1=O. The number of nitrogens with one attached hydrogen (secondary N) is 1. The minimum Gasteiger partial charge on any atom is -0.341 e. The molecule has 94 valence electrons. The first-order valence-electron chi connectivity index (χ1n) is 6.61. The summed E-state index contributed by atoms with van der Waals surface area (Å²) in [6.45, 7) is 6.41. The first-order chi connectivity index (χ1) is 7.65. The molecule has 0 aromatic carbocycles. The van der Waals surface area contributed by atoms with Crippen molar-refractivity contribution in [3.05, 3.63) is 0 Å². The van der Waals surface area contributed by atoms with Crippen LogP contribution in [0.2, 0.25) is 0 Å². The largest absolute Gasteiger partial charge is 0.341 e. The van der Waals surface area contributed by atoms with Crippen molar-refractivity contribution in [3.8, 4) is 0 Å². The van der Waals surface area contributed by atoms with E-state index in [1.165, 1.54) is 12.8 Å². The normalized spacial score (nSPS) is 21.9. The van der Waals surface area contributed by atoms with Crippen molar-refractivity contribution in [1.29, 1.82) is 0 Å². The fourth-order valence-electron chi connectivity index (χ4n) is 2.29. The van der Waals surface area contributed by atoms with Crippen LogP contribution in [0.25, 0.3) is 0 Å². The van der Waals surface area contributed by atoms with Gasteiger partial charge in [0.25, 0.3) is 0 Å². The predicted molar refractivity (Wildman–Crippen MR) is 67.4 cm³/mol. The molecule has 0 aliphatic carbocycles. The zero-order valence-electron chi connectivity index (χ0n) is 11.0. The Hall–Kier alpha value is -0.570. The minimum atomic E-state index is 0.0684. The molecule has 0 radical (unpaired) electrons. The molecule has 0 bridgehead atoms. The van der Waals surface area contributed by atoms with E-state index < -0.39 is 0 Å². The quantitative estimate of drug-likeness (QED) is 0.703.